The Kier molecular flexibility index (Phi) is 6.10. The lowest BCUT2D eigenvalue weighted by molar-refractivity contribution is -0.117. The van der Waals surface area contributed by atoms with E-state index in [1.165, 1.54) is 10.1 Å². The molecule has 1 aromatic heterocycles. The van der Waals surface area contributed by atoms with E-state index in [4.69, 9.17) is 17.3 Å². The van der Waals surface area contributed by atoms with E-state index < -0.39 is 11.2 Å². The number of rotatable bonds is 6. The number of fused-ring (bicyclic) bond motifs is 1. The number of aromatic nitrogens is 2. The summed E-state index contributed by atoms with van der Waals surface area (Å²) in [5, 5.41) is 0.831. The number of nitrogens with zero attached hydrogens (tertiary/aromatic N) is 2. The Morgan fingerprint density at radius 2 is 1.89 bits per heavy atom. The summed E-state index contributed by atoms with van der Waals surface area (Å²) in [5.41, 5.74) is 7.60. The van der Waals surface area contributed by atoms with E-state index >= 15 is 0 Å². The SMILES string of the molecule is CC[C@H](C)c1ccc(-n2c(S[C@H](C)C(N)=O)nc3cc(Cl)ccc3c2=O)cc1. The molecule has 0 unspecified atom stereocenters. The molecule has 0 aliphatic rings. The maximum atomic E-state index is 13.2. The van der Waals surface area contributed by atoms with Crippen molar-refractivity contribution in [3.05, 3.63) is 63.4 Å². The van der Waals surface area contributed by atoms with Crippen LogP contribution < -0.4 is 11.3 Å². The molecule has 0 saturated carbocycles. The van der Waals surface area contributed by atoms with Crippen molar-refractivity contribution in [2.45, 2.75) is 43.5 Å². The van der Waals surface area contributed by atoms with Crippen molar-refractivity contribution in [2.75, 3.05) is 0 Å². The molecule has 0 radical (unpaired) electrons. The minimum absolute atomic E-state index is 0.211. The lowest BCUT2D eigenvalue weighted by Gasteiger charge is -2.16. The van der Waals surface area contributed by atoms with Crippen LogP contribution in [0.2, 0.25) is 5.02 Å². The van der Waals surface area contributed by atoms with Gasteiger partial charge in [-0.3, -0.25) is 14.2 Å². The van der Waals surface area contributed by atoms with Gasteiger partial charge in [0.15, 0.2) is 5.16 Å². The molecule has 3 aromatic rings. The smallest absolute Gasteiger partial charge is 0.266 e. The zero-order valence-corrected chi connectivity index (χ0v) is 17.6. The number of primary amides is 1. The van der Waals surface area contributed by atoms with Gasteiger partial charge in [-0.1, -0.05) is 49.3 Å². The van der Waals surface area contributed by atoms with Crippen LogP contribution in [-0.4, -0.2) is 20.7 Å². The van der Waals surface area contributed by atoms with Gasteiger partial charge in [-0.25, -0.2) is 4.98 Å². The van der Waals surface area contributed by atoms with Crippen molar-refractivity contribution in [3.63, 3.8) is 0 Å². The van der Waals surface area contributed by atoms with Crippen molar-refractivity contribution in [1.29, 1.82) is 0 Å². The monoisotopic (exact) mass is 415 g/mol. The summed E-state index contributed by atoms with van der Waals surface area (Å²) in [6.45, 7) is 6.00. The van der Waals surface area contributed by atoms with Crippen LogP contribution in [0.25, 0.3) is 16.6 Å². The zero-order valence-electron chi connectivity index (χ0n) is 16.0. The Hall–Kier alpha value is -2.31. The largest absolute Gasteiger partial charge is 0.369 e. The molecule has 2 aromatic carbocycles. The van der Waals surface area contributed by atoms with Crippen LogP contribution in [0.4, 0.5) is 0 Å². The van der Waals surface area contributed by atoms with Crippen molar-refractivity contribution >= 4 is 40.2 Å². The number of carbonyl (C=O) groups excluding carboxylic acids is 1. The van der Waals surface area contributed by atoms with Crippen LogP contribution in [0.15, 0.2) is 52.4 Å². The summed E-state index contributed by atoms with van der Waals surface area (Å²) < 4.78 is 1.53. The summed E-state index contributed by atoms with van der Waals surface area (Å²) in [7, 11) is 0. The first-order valence-electron chi connectivity index (χ1n) is 9.10. The van der Waals surface area contributed by atoms with Crippen molar-refractivity contribution in [1.82, 2.24) is 9.55 Å². The maximum absolute atomic E-state index is 13.2. The summed E-state index contributed by atoms with van der Waals surface area (Å²) in [6, 6.07) is 12.8. The molecule has 0 bridgehead atoms. The minimum atomic E-state index is -0.533. The molecule has 1 amide bonds. The van der Waals surface area contributed by atoms with E-state index in [9.17, 15) is 9.59 Å². The predicted molar refractivity (Wildman–Crippen MR) is 116 cm³/mol. The molecule has 7 heteroatoms. The Labute approximate surface area is 172 Å². The van der Waals surface area contributed by atoms with Crippen molar-refractivity contribution in [2.24, 2.45) is 5.73 Å². The van der Waals surface area contributed by atoms with Crippen LogP contribution in [0.1, 0.15) is 38.7 Å². The first-order chi connectivity index (χ1) is 13.3. The van der Waals surface area contributed by atoms with Gasteiger partial charge >= 0.3 is 0 Å². The Morgan fingerprint density at radius 1 is 1.21 bits per heavy atom. The van der Waals surface area contributed by atoms with Crippen LogP contribution in [0, 0.1) is 0 Å². The lowest BCUT2D eigenvalue weighted by Crippen LogP contribution is -2.26. The average molecular weight is 416 g/mol. The number of benzene rings is 2. The van der Waals surface area contributed by atoms with Gasteiger partial charge in [0, 0.05) is 5.02 Å². The van der Waals surface area contributed by atoms with E-state index in [0.717, 1.165) is 18.2 Å². The fraction of sp³-hybridized carbons (Fsp3) is 0.286. The second-order valence-corrected chi connectivity index (χ2v) is 8.50. The predicted octanol–water partition coefficient (Wildman–Crippen LogP) is 4.52. The normalized spacial score (nSPS) is 13.4. The molecular formula is C21H22ClN3O2S. The molecule has 0 fully saturated rings. The summed E-state index contributed by atoms with van der Waals surface area (Å²) in [5.74, 6) is -0.0320. The third kappa shape index (κ3) is 4.08. The van der Waals surface area contributed by atoms with E-state index in [1.807, 2.05) is 24.3 Å². The average Bonchev–Trinajstić information content (AvgIpc) is 2.67. The van der Waals surface area contributed by atoms with Crippen molar-refractivity contribution < 1.29 is 4.79 Å². The van der Waals surface area contributed by atoms with Crippen LogP contribution in [-0.2, 0) is 4.79 Å². The second kappa shape index (κ2) is 8.37. The summed E-state index contributed by atoms with van der Waals surface area (Å²) in [4.78, 5) is 29.4. The highest BCUT2D eigenvalue weighted by molar-refractivity contribution is 8.00. The van der Waals surface area contributed by atoms with Crippen LogP contribution >= 0.6 is 23.4 Å². The van der Waals surface area contributed by atoms with Crippen molar-refractivity contribution in [3.8, 4) is 5.69 Å². The van der Waals surface area contributed by atoms with Gasteiger partial charge in [0.05, 0.1) is 21.8 Å². The molecule has 2 N–H and O–H groups in total. The van der Waals surface area contributed by atoms with E-state index in [-0.39, 0.29) is 5.56 Å². The number of amides is 1. The van der Waals surface area contributed by atoms with Gasteiger partial charge < -0.3 is 5.73 Å². The number of nitrogens with two attached hydrogens (primary N) is 1. The van der Waals surface area contributed by atoms with Gasteiger partial charge in [0.1, 0.15) is 0 Å². The molecule has 0 spiro atoms. The zero-order chi connectivity index (χ0) is 20.4. The van der Waals surface area contributed by atoms with E-state index in [1.54, 1.807) is 25.1 Å². The highest BCUT2D eigenvalue weighted by Gasteiger charge is 2.19. The fourth-order valence-electron chi connectivity index (χ4n) is 2.85. The molecule has 0 aliphatic carbocycles. The second-order valence-electron chi connectivity index (χ2n) is 6.76. The molecule has 146 valence electrons. The Balaban J connectivity index is 2.21. The number of hydrogen-bond donors (Lipinski definition) is 1. The number of carbonyl (C=O) groups is 1. The number of thioether (sulfide) groups is 1. The molecular weight excluding hydrogens is 394 g/mol. The third-order valence-electron chi connectivity index (χ3n) is 4.82. The Bertz CT molecular complexity index is 1080. The van der Waals surface area contributed by atoms with Gasteiger partial charge in [-0.15, -0.1) is 0 Å². The molecule has 0 aliphatic heterocycles. The highest BCUT2D eigenvalue weighted by Crippen LogP contribution is 2.27. The quantitative estimate of drug-likeness (QED) is 0.474. The van der Waals surface area contributed by atoms with Gasteiger partial charge in [0.25, 0.3) is 5.56 Å². The summed E-state index contributed by atoms with van der Waals surface area (Å²) in [6.07, 6.45) is 1.04. The van der Waals surface area contributed by atoms with Gasteiger partial charge in [0.2, 0.25) is 5.91 Å². The summed E-state index contributed by atoms with van der Waals surface area (Å²) >= 11 is 7.22. The minimum Gasteiger partial charge on any atom is -0.369 e. The molecule has 28 heavy (non-hydrogen) atoms. The number of halogens is 1. The van der Waals surface area contributed by atoms with E-state index in [2.05, 4.69) is 18.8 Å². The lowest BCUT2D eigenvalue weighted by atomic mass is 9.98. The molecule has 2 atom stereocenters. The standard InChI is InChI=1S/C21H22ClN3O2S/c1-4-12(2)14-5-8-16(9-6-14)25-20(27)17-10-7-15(22)11-18(17)24-21(25)28-13(3)19(23)26/h5-13H,4H2,1-3H3,(H2,23,26)/t12-,13+/m0/s1. The van der Waals surface area contributed by atoms with Gasteiger partial charge in [-0.05, 0) is 55.2 Å². The maximum Gasteiger partial charge on any atom is 0.266 e. The van der Waals surface area contributed by atoms with Gasteiger partial charge in [-0.2, -0.15) is 0 Å². The number of hydrogen-bond acceptors (Lipinski definition) is 4. The molecule has 0 saturated heterocycles. The fourth-order valence-corrected chi connectivity index (χ4v) is 3.89. The van der Waals surface area contributed by atoms with E-state index in [0.29, 0.717) is 32.7 Å². The Morgan fingerprint density at radius 3 is 2.50 bits per heavy atom. The van der Waals surface area contributed by atoms with Crippen LogP contribution in [0.5, 0.6) is 0 Å². The third-order valence-corrected chi connectivity index (χ3v) is 6.12. The first kappa shape index (κ1) is 20.4. The molecule has 5 nitrogen and oxygen atoms in total. The molecule has 3 rings (SSSR count). The first-order valence-corrected chi connectivity index (χ1v) is 10.4. The van der Waals surface area contributed by atoms with Crippen LogP contribution in [0.3, 0.4) is 0 Å². The molecule has 1 heterocycles. The topological polar surface area (TPSA) is 78.0 Å². The highest BCUT2D eigenvalue weighted by atomic mass is 35.5.